The topological polar surface area (TPSA) is 95.9 Å². The van der Waals surface area contributed by atoms with Crippen LogP contribution < -0.4 is 5.32 Å². The maximum atomic E-state index is 13.0. The molecule has 0 radical (unpaired) electrons. The maximum Gasteiger partial charge on any atom is 0.407 e. The lowest BCUT2D eigenvalue weighted by Crippen LogP contribution is -2.54. The molecule has 2 aromatic rings. The molecule has 1 aliphatic rings. The molecule has 7 heteroatoms. The highest BCUT2D eigenvalue weighted by atomic mass is 16.5. The molecule has 2 amide bonds. The molecule has 35 heavy (non-hydrogen) atoms. The fraction of sp³-hybridized carbons (Fsp3) is 0.464. The van der Waals surface area contributed by atoms with Gasteiger partial charge in [0, 0.05) is 24.9 Å². The summed E-state index contributed by atoms with van der Waals surface area (Å²) in [6.45, 7) is 7.28. The summed E-state index contributed by atoms with van der Waals surface area (Å²) >= 11 is 0. The summed E-state index contributed by atoms with van der Waals surface area (Å²) in [5.41, 5.74) is 3.25. The van der Waals surface area contributed by atoms with Crippen molar-refractivity contribution >= 4 is 18.0 Å². The van der Waals surface area contributed by atoms with Gasteiger partial charge in [0.05, 0.1) is 0 Å². The summed E-state index contributed by atoms with van der Waals surface area (Å²) in [4.78, 5) is 38.8. The Bertz CT molecular complexity index is 1020. The molecular weight excluding hydrogens is 444 g/mol. The zero-order valence-electron chi connectivity index (χ0n) is 21.0. The molecule has 0 heterocycles. The van der Waals surface area contributed by atoms with Crippen LogP contribution in [0.2, 0.25) is 0 Å². The van der Waals surface area contributed by atoms with Gasteiger partial charge in [-0.2, -0.15) is 0 Å². The van der Waals surface area contributed by atoms with Crippen molar-refractivity contribution in [2.24, 2.45) is 0 Å². The molecule has 7 nitrogen and oxygen atoms in total. The Hall–Kier alpha value is -3.35. The molecule has 0 aliphatic heterocycles. The summed E-state index contributed by atoms with van der Waals surface area (Å²) in [5.74, 6) is -1.42. The van der Waals surface area contributed by atoms with Crippen molar-refractivity contribution in [3.05, 3.63) is 59.7 Å². The molecule has 188 valence electrons. The second-order valence-corrected chi connectivity index (χ2v) is 9.52. The third kappa shape index (κ3) is 5.84. The van der Waals surface area contributed by atoms with Crippen LogP contribution in [-0.4, -0.2) is 52.7 Å². The van der Waals surface area contributed by atoms with E-state index in [-0.39, 0.29) is 31.4 Å². The minimum atomic E-state index is -1.33. The average Bonchev–Trinajstić information content (AvgIpc) is 3.15. The largest absolute Gasteiger partial charge is 0.480 e. The molecular formula is C28H36N2O5. The number of hydrogen-bond acceptors (Lipinski definition) is 4. The van der Waals surface area contributed by atoms with Gasteiger partial charge in [-0.15, -0.1) is 0 Å². The first-order chi connectivity index (χ1) is 16.7. The Morgan fingerprint density at radius 3 is 2.11 bits per heavy atom. The van der Waals surface area contributed by atoms with E-state index in [2.05, 4.69) is 29.6 Å². The molecule has 2 aromatic carbocycles. The van der Waals surface area contributed by atoms with Gasteiger partial charge in [-0.3, -0.25) is 4.79 Å². The minimum Gasteiger partial charge on any atom is -0.480 e. The van der Waals surface area contributed by atoms with Crippen molar-refractivity contribution < 1.29 is 24.2 Å². The fourth-order valence-electron chi connectivity index (χ4n) is 4.80. The number of fused-ring (bicyclic) bond motifs is 3. The third-order valence-corrected chi connectivity index (χ3v) is 6.81. The summed E-state index contributed by atoms with van der Waals surface area (Å²) in [7, 11) is 0. The van der Waals surface area contributed by atoms with E-state index in [0.717, 1.165) is 35.1 Å². The van der Waals surface area contributed by atoms with E-state index in [4.69, 9.17) is 4.74 Å². The number of carboxylic acids is 1. The highest BCUT2D eigenvalue weighted by Crippen LogP contribution is 2.44. The van der Waals surface area contributed by atoms with Gasteiger partial charge in [0.15, 0.2) is 0 Å². The molecule has 1 atom stereocenters. The van der Waals surface area contributed by atoms with Crippen LogP contribution in [0.5, 0.6) is 0 Å². The van der Waals surface area contributed by atoms with Crippen LogP contribution in [0.1, 0.15) is 70.4 Å². The first-order valence-corrected chi connectivity index (χ1v) is 12.4. The van der Waals surface area contributed by atoms with Gasteiger partial charge in [-0.1, -0.05) is 68.3 Å². The Morgan fingerprint density at radius 1 is 1.03 bits per heavy atom. The number of aliphatic carboxylic acids is 1. The van der Waals surface area contributed by atoms with Crippen LogP contribution in [0.15, 0.2) is 48.5 Å². The number of nitrogens with one attached hydrogen (secondary N) is 1. The molecule has 0 bridgehead atoms. The Kier molecular flexibility index (Phi) is 8.54. The smallest absolute Gasteiger partial charge is 0.407 e. The zero-order valence-corrected chi connectivity index (χ0v) is 21.0. The average molecular weight is 481 g/mol. The molecule has 0 saturated heterocycles. The third-order valence-electron chi connectivity index (χ3n) is 6.81. The van der Waals surface area contributed by atoms with Gasteiger partial charge in [-0.25, -0.2) is 9.59 Å². The van der Waals surface area contributed by atoms with Gasteiger partial charge in [0.2, 0.25) is 5.91 Å². The van der Waals surface area contributed by atoms with Crippen LogP contribution in [0, 0.1) is 0 Å². The number of ether oxygens (including phenoxy) is 1. The maximum absolute atomic E-state index is 13.0. The van der Waals surface area contributed by atoms with E-state index >= 15 is 0 Å². The van der Waals surface area contributed by atoms with Crippen LogP contribution >= 0.6 is 0 Å². The molecule has 0 saturated carbocycles. The molecule has 3 rings (SSSR count). The lowest BCUT2D eigenvalue weighted by molar-refractivity contribution is -0.156. The Labute approximate surface area is 207 Å². The van der Waals surface area contributed by atoms with E-state index in [0.29, 0.717) is 6.42 Å². The number of amides is 2. The Balaban J connectivity index is 1.66. The number of nitrogens with zero attached hydrogens (tertiary/aromatic N) is 1. The predicted octanol–water partition coefficient (Wildman–Crippen LogP) is 5.19. The monoisotopic (exact) mass is 480 g/mol. The summed E-state index contributed by atoms with van der Waals surface area (Å²) in [5, 5.41) is 12.4. The van der Waals surface area contributed by atoms with E-state index in [1.807, 2.05) is 31.2 Å². The SMILES string of the molecule is CCCC[C@@H](CC(=O)N(CC)C(C)(C)C(=O)O)NC(=O)OCC1c2ccccc2-c2ccccc21. The van der Waals surface area contributed by atoms with Crippen molar-refractivity contribution in [2.75, 3.05) is 13.2 Å². The van der Waals surface area contributed by atoms with Crippen molar-refractivity contribution in [3.8, 4) is 11.1 Å². The lowest BCUT2D eigenvalue weighted by Gasteiger charge is -2.35. The number of rotatable bonds is 11. The molecule has 0 spiro atoms. The fourth-order valence-corrected chi connectivity index (χ4v) is 4.80. The lowest BCUT2D eigenvalue weighted by atomic mass is 9.98. The number of carboxylic acid groups (broad SMARTS) is 1. The minimum absolute atomic E-state index is 0.0226. The molecule has 0 aromatic heterocycles. The molecule has 0 unspecified atom stereocenters. The van der Waals surface area contributed by atoms with E-state index < -0.39 is 23.6 Å². The second kappa shape index (κ2) is 11.4. The second-order valence-electron chi connectivity index (χ2n) is 9.52. The number of alkyl carbamates (subject to hydrolysis) is 1. The Morgan fingerprint density at radius 2 is 1.60 bits per heavy atom. The molecule has 0 fully saturated rings. The first kappa shape index (κ1) is 26.3. The van der Waals surface area contributed by atoms with Crippen LogP contribution in [0.4, 0.5) is 4.79 Å². The normalized spacial score (nSPS) is 13.5. The van der Waals surface area contributed by atoms with Gasteiger partial charge in [0.25, 0.3) is 0 Å². The zero-order chi connectivity index (χ0) is 25.6. The summed E-state index contributed by atoms with van der Waals surface area (Å²) < 4.78 is 5.65. The van der Waals surface area contributed by atoms with E-state index in [1.54, 1.807) is 6.92 Å². The van der Waals surface area contributed by atoms with Crippen LogP contribution in [0.3, 0.4) is 0 Å². The highest BCUT2D eigenvalue weighted by Gasteiger charge is 2.37. The number of carbonyl (C=O) groups is 3. The van der Waals surface area contributed by atoms with Crippen molar-refractivity contribution in [1.82, 2.24) is 10.2 Å². The summed E-state index contributed by atoms with van der Waals surface area (Å²) in [6.07, 6.45) is 1.80. The standard InChI is InChI=1S/C28H36N2O5/c1-5-7-12-19(17-25(31)30(6-2)28(3,4)26(32)33)29-27(34)35-18-24-22-15-10-8-13-20(22)21-14-9-11-16-23(21)24/h8-11,13-16,19,24H,5-7,12,17-18H2,1-4H3,(H,29,34)(H,32,33)/t19-/m0/s1. The van der Waals surface area contributed by atoms with Gasteiger partial charge < -0.3 is 20.1 Å². The molecule has 2 N–H and O–H groups in total. The van der Waals surface area contributed by atoms with Crippen LogP contribution in [0.25, 0.3) is 11.1 Å². The van der Waals surface area contributed by atoms with Gasteiger partial charge in [0.1, 0.15) is 12.1 Å². The quantitative estimate of drug-likeness (QED) is 0.462. The van der Waals surface area contributed by atoms with Crippen molar-refractivity contribution in [1.29, 1.82) is 0 Å². The first-order valence-electron chi connectivity index (χ1n) is 12.4. The van der Waals surface area contributed by atoms with E-state index in [9.17, 15) is 19.5 Å². The number of unbranched alkanes of at least 4 members (excludes halogenated alkanes) is 1. The number of benzene rings is 2. The summed E-state index contributed by atoms with van der Waals surface area (Å²) in [6, 6.07) is 15.8. The highest BCUT2D eigenvalue weighted by molar-refractivity contribution is 5.87. The van der Waals surface area contributed by atoms with Crippen molar-refractivity contribution in [3.63, 3.8) is 0 Å². The molecule has 1 aliphatic carbocycles. The van der Waals surface area contributed by atoms with Gasteiger partial charge in [-0.05, 0) is 49.4 Å². The number of carbonyl (C=O) groups excluding carboxylic acids is 2. The number of likely N-dealkylation sites (N-methyl/N-ethyl adjacent to an activating group) is 1. The van der Waals surface area contributed by atoms with E-state index in [1.165, 1.54) is 18.7 Å². The van der Waals surface area contributed by atoms with Gasteiger partial charge >= 0.3 is 12.1 Å². The van der Waals surface area contributed by atoms with Crippen LogP contribution in [-0.2, 0) is 14.3 Å². The number of hydrogen-bond donors (Lipinski definition) is 2. The van der Waals surface area contributed by atoms with Crippen molar-refractivity contribution in [2.45, 2.75) is 70.9 Å². The predicted molar refractivity (Wildman–Crippen MR) is 135 cm³/mol.